The Morgan fingerprint density at radius 1 is 1.00 bits per heavy atom. The van der Waals surface area contributed by atoms with Gasteiger partial charge < -0.3 is 10.2 Å². The Bertz CT molecular complexity index is 540. The number of piperidine rings is 1. The van der Waals surface area contributed by atoms with Crippen molar-refractivity contribution in [3.05, 3.63) is 35.9 Å². The highest BCUT2D eigenvalue weighted by Gasteiger charge is 2.49. The Labute approximate surface area is 145 Å². The standard InChI is InChI=1S/C19H26N2O.ClH/c22-17(19(7-4-8-19)16-5-2-1-3-6-16)21-13-10-18(11-14-21)9-12-20-15-18;/h1-3,5-6,20H,4,7-15H2;1H. The van der Waals surface area contributed by atoms with Crippen molar-refractivity contribution in [2.45, 2.75) is 43.9 Å². The molecule has 4 heteroatoms. The average Bonchev–Trinajstić information content (AvgIpc) is 2.96. The minimum Gasteiger partial charge on any atom is -0.342 e. The number of nitrogens with zero attached hydrogens (tertiary/aromatic N) is 1. The van der Waals surface area contributed by atoms with Gasteiger partial charge in [0.25, 0.3) is 0 Å². The summed E-state index contributed by atoms with van der Waals surface area (Å²) >= 11 is 0. The highest BCUT2D eigenvalue weighted by Crippen LogP contribution is 2.46. The van der Waals surface area contributed by atoms with Crippen LogP contribution in [0.3, 0.4) is 0 Å². The monoisotopic (exact) mass is 334 g/mol. The number of likely N-dealkylation sites (tertiary alicyclic amines) is 1. The van der Waals surface area contributed by atoms with Crippen molar-refractivity contribution in [2.24, 2.45) is 5.41 Å². The molecule has 0 atom stereocenters. The van der Waals surface area contributed by atoms with Gasteiger partial charge in [0.1, 0.15) is 0 Å². The third-order valence-corrected chi connectivity index (χ3v) is 6.39. The number of rotatable bonds is 2. The fourth-order valence-electron chi connectivity index (χ4n) is 4.62. The van der Waals surface area contributed by atoms with Crippen LogP contribution >= 0.6 is 12.4 Å². The van der Waals surface area contributed by atoms with Crippen molar-refractivity contribution in [3.8, 4) is 0 Å². The number of amides is 1. The Balaban J connectivity index is 0.00000156. The summed E-state index contributed by atoms with van der Waals surface area (Å²) < 4.78 is 0. The summed E-state index contributed by atoms with van der Waals surface area (Å²) in [7, 11) is 0. The molecule has 0 unspecified atom stereocenters. The molecule has 0 radical (unpaired) electrons. The fourth-order valence-corrected chi connectivity index (χ4v) is 4.62. The second-order valence-corrected chi connectivity index (χ2v) is 7.52. The van der Waals surface area contributed by atoms with Gasteiger partial charge in [-0.2, -0.15) is 0 Å². The van der Waals surface area contributed by atoms with Crippen LogP contribution in [0.2, 0.25) is 0 Å². The van der Waals surface area contributed by atoms with Crippen molar-refractivity contribution >= 4 is 18.3 Å². The molecule has 3 nitrogen and oxygen atoms in total. The maximum Gasteiger partial charge on any atom is 0.233 e. The largest absolute Gasteiger partial charge is 0.342 e. The lowest BCUT2D eigenvalue weighted by molar-refractivity contribution is -0.143. The summed E-state index contributed by atoms with van der Waals surface area (Å²) in [5.41, 5.74) is 1.50. The molecule has 1 amide bonds. The van der Waals surface area contributed by atoms with Crippen molar-refractivity contribution in [3.63, 3.8) is 0 Å². The number of carbonyl (C=O) groups excluding carboxylic acids is 1. The van der Waals surface area contributed by atoms with Gasteiger partial charge in [-0.25, -0.2) is 0 Å². The first-order valence-electron chi connectivity index (χ1n) is 8.80. The van der Waals surface area contributed by atoms with Crippen molar-refractivity contribution in [2.75, 3.05) is 26.2 Å². The van der Waals surface area contributed by atoms with Gasteiger partial charge in [0.05, 0.1) is 5.41 Å². The Morgan fingerprint density at radius 2 is 1.70 bits per heavy atom. The summed E-state index contributed by atoms with van der Waals surface area (Å²) in [4.78, 5) is 15.4. The quantitative estimate of drug-likeness (QED) is 0.901. The van der Waals surface area contributed by atoms with Crippen LogP contribution < -0.4 is 5.32 Å². The molecule has 1 aromatic rings. The topological polar surface area (TPSA) is 32.3 Å². The lowest BCUT2D eigenvalue weighted by atomic mass is 9.63. The zero-order valence-corrected chi connectivity index (χ0v) is 14.5. The lowest BCUT2D eigenvalue weighted by Gasteiger charge is -2.47. The van der Waals surface area contributed by atoms with E-state index in [1.165, 1.54) is 31.2 Å². The third-order valence-electron chi connectivity index (χ3n) is 6.39. The SMILES string of the molecule is Cl.O=C(N1CCC2(CCNC2)CC1)C1(c2ccccc2)CCC1. The number of carbonyl (C=O) groups is 1. The van der Waals surface area contributed by atoms with Gasteiger partial charge in [0.15, 0.2) is 0 Å². The van der Waals surface area contributed by atoms with E-state index >= 15 is 0 Å². The van der Waals surface area contributed by atoms with E-state index in [0.717, 1.165) is 39.0 Å². The summed E-state index contributed by atoms with van der Waals surface area (Å²) in [6, 6.07) is 10.5. The van der Waals surface area contributed by atoms with Gasteiger partial charge in [0, 0.05) is 19.6 Å². The van der Waals surface area contributed by atoms with Crippen LogP contribution in [-0.2, 0) is 10.2 Å². The number of benzene rings is 1. The second kappa shape index (κ2) is 6.45. The van der Waals surface area contributed by atoms with E-state index in [9.17, 15) is 4.79 Å². The zero-order chi connectivity index (χ0) is 15.0. The predicted octanol–water partition coefficient (Wildman–Crippen LogP) is 3.13. The molecule has 2 saturated heterocycles. The Kier molecular flexibility index (Phi) is 4.70. The van der Waals surface area contributed by atoms with Gasteiger partial charge in [-0.3, -0.25) is 4.79 Å². The molecule has 4 rings (SSSR count). The summed E-state index contributed by atoms with van der Waals surface area (Å²) in [5.74, 6) is 0.394. The highest BCUT2D eigenvalue weighted by molar-refractivity contribution is 5.89. The van der Waals surface area contributed by atoms with Crippen molar-refractivity contribution in [1.29, 1.82) is 0 Å². The highest BCUT2D eigenvalue weighted by atomic mass is 35.5. The third kappa shape index (κ3) is 2.78. The van der Waals surface area contributed by atoms with E-state index in [4.69, 9.17) is 0 Å². The van der Waals surface area contributed by atoms with Crippen molar-refractivity contribution < 1.29 is 4.79 Å². The van der Waals surface area contributed by atoms with E-state index in [1.807, 2.05) is 6.07 Å². The Morgan fingerprint density at radius 3 is 2.22 bits per heavy atom. The van der Waals surface area contributed by atoms with Crippen LogP contribution in [0.4, 0.5) is 0 Å². The first-order valence-corrected chi connectivity index (χ1v) is 8.80. The number of hydrogen-bond acceptors (Lipinski definition) is 2. The number of hydrogen-bond donors (Lipinski definition) is 1. The number of halogens is 1. The summed E-state index contributed by atoms with van der Waals surface area (Å²) in [6.45, 7) is 4.21. The first-order chi connectivity index (χ1) is 10.7. The van der Waals surface area contributed by atoms with E-state index in [-0.39, 0.29) is 17.8 Å². The summed E-state index contributed by atoms with van der Waals surface area (Å²) in [6.07, 6.45) is 6.88. The van der Waals surface area contributed by atoms with E-state index in [2.05, 4.69) is 34.5 Å². The fraction of sp³-hybridized carbons (Fsp3) is 0.632. The summed E-state index contributed by atoms with van der Waals surface area (Å²) in [5, 5.41) is 3.50. The van der Waals surface area contributed by atoms with E-state index in [0.29, 0.717) is 11.3 Å². The molecule has 2 heterocycles. The molecule has 3 fully saturated rings. The lowest BCUT2D eigenvalue weighted by Crippen LogP contribution is -2.54. The first kappa shape index (κ1) is 16.8. The normalized spacial score (nSPS) is 24.8. The van der Waals surface area contributed by atoms with Crippen LogP contribution in [0, 0.1) is 5.41 Å². The maximum atomic E-state index is 13.2. The average molecular weight is 335 g/mol. The zero-order valence-electron chi connectivity index (χ0n) is 13.7. The van der Waals surface area contributed by atoms with Crippen LogP contribution in [0.1, 0.15) is 44.1 Å². The second-order valence-electron chi connectivity index (χ2n) is 7.52. The predicted molar refractivity (Wildman–Crippen MR) is 95.0 cm³/mol. The van der Waals surface area contributed by atoms with Crippen LogP contribution in [0.5, 0.6) is 0 Å². The molecule has 3 aliphatic rings. The molecule has 23 heavy (non-hydrogen) atoms. The van der Waals surface area contributed by atoms with Crippen LogP contribution in [0.15, 0.2) is 30.3 Å². The smallest absolute Gasteiger partial charge is 0.233 e. The van der Waals surface area contributed by atoms with E-state index < -0.39 is 0 Å². The minimum absolute atomic E-state index is 0. The van der Waals surface area contributed by atoms with E-state index in [1.54, 1.807) is 0 Å². The number of nitrogens with one attached hydrogen (secondary N) is 1. The van der Waals surface area contributed by atoms with Gasteiger partial charge >= 0.3 is 0 Å². The molecule has 126 valence electrons. The maximum absolute atomic E-state index is 13.2. The van der Waals surface area contributed by atoms with Gasteiger partial charge in [-0.1, -0.05) is 36.8 Å². The molecule has 0 bridgehead atoms. The van der Waals surface area contributed by atoms with Gasteiger partial charge in [0.2, 0.25) is 5.91 Å². The minimum atomic E-state index is -0.209. The molecular formula is C19H27ClN2O. The van der Waals surface area contributed by atoms with Crippen LogP contribution in [0.25, 0.3) is 0 Å². The Hall–Kier alpha value is -1.06. The molecular weight excluding hydrogens is 308 g/mol. The molecule has 1 aromatic carbocycles. The molecule has 1 saturated carbocycles. The van der Waals surface area contributed by atoms with Crippen molar-refractivity contribution in [1.82, 2.24) is 10.2 Å². The molecule has 1 aliphatic carbocycles. The van der Waals surface area contributed by atoms with Gasteiger partial charge in [-0.15, -0.1) is 12.4 Å². The molecule has 2 aliphatic heterocycles. The molecule has 0 aromatic heterocycles. The van der Waals surface area contributed by atoms with Crippen LogP contribution in [-0.4, -0.2) is 37.0 Å². The molecule has 1 N–H and O–H groups in total. The van der Waals surface area contributed by atoms with Gasteiger partial charge in [-0.05, 0) is 49.6 Å². The molecule has 1 spiro atoms.